The Morgan fingerprint density at radius 1 is 0.562 bits per heavy atom. The smallest absolute Gasteiger partial charge is 0.194 e. The van der Waals surface area contributed by atoms with Gasteiger partial charge < -0.3 is 4.74 Å². The molecule has 6 rings (SSSR count). The monoisotopic (exact) mass is 432 g/mol. The van der Waals surface area contributed by atoms with E-state index in [2.05, 4.69) is 12.1 Å². The normalized spacial score (nSPS) is 13.8. The lowest BCUT2D eigenvalue weighted by atomic mass is 9.83. The van der Waals surface area contributed by atoms with Crippen LogP contribution in [-0.4, -0.2) is 11.6 Å². The van der Waals surface area contributed by atoms with Crippen molar-refractivity contribution in [2.24, 2.45) is 0 Å². The second-order valence-corrected chi connectivity index (χ2v) is 8.78. The number of benzene rings is 4. The van der Waals surface area contributed by atoms with Crippen molar-refractivity contribution in [3.63, 3.8) is 0 Å². The Balaban J connectivity index is 1.30. The maximum absolute atomic E-state index is 12.9. The number of ketones is 2. The summed E-state index contributed by atoms with van der Waals surface area (Å²) in [7, 11) is 0. The Labute approximate surface area is 189 Å². The van der Waals surface area contributed by atoms with Gasteiger partial charge in [0.05, 0.1) is 9.79 Å². The van der Waals surface area contributed by atoms with E-state index >= 15 is 0 Å². The molecular weight excluding hydrogens is 416 g/mol. The van der Waals surface area contributed by atoms with Gasteiger partial charge in [-0.15, -0.1) is 0 Å². The number of fused-ring (bicyclic) bond motifs is 4. The Hall–Kier alpha value is -3.89. The minimum Gasteiger partial charge on any atom is -0.455 e. The number of carbonyl (C=O) groups is 2. The van der Waals surface area contributed by atoms with Gasteiger partial charge >= 0.3 is 0 Å². The van der Waals surface area contributed by atoms with Crippen LogP contribution in [0.15, 0.2) is 94.7 Å². The van der Waals surface area contributed by atoms with E-state index in [0.717, 1.165) is 32.4 Å². The first-order chi connectivity index (χ1) is 15.7. The summed E-state index contributed by atoms with van der Waals surface area (Å²) in [6, 6.07) is 26.5. The molecule has 0 aromatic heterocycles. The van der Waals surface area contributed by atoms with Gasteiger partial charge in [-0.05, 0) is 47.5 Å². The molecular formula is C28H16O3S. The first-order valence-electron chi connectivity index (χ1n) is 10.3. The first-order valence-corrected chi connectivity index (χ1v) is 11.1. The second-order valence-electron chi connectivity index (χ2n) is 7.70. The van der Waals surface area contributed by atoms with E-state index in [9.17, 15) is 9.59 Å². The van der Waals surface area contributed by atoms with Crippen LogP contribution in [0, 0.1) is 0 Å². The van der Waals surface area contributed by atoms with Gasteiger partial charge in [-0.1, -0.05) is 72.4 Å². The number of rotatable bonds is 2. The highest BCUT2D eigenvalue weighted by molar-refractivity contribution is 7.99. The van der Waals surface area contributed by atoms with Gasteiger partial charge in [-0.25, -0.2) is 0 Å². The predicted octanol–water partition coefficient (Wildman–Crippen LogP) is 6.89. The van der Waals surface area contributed by atoms with Crippen molar-refractivity contribution in [3.05, 3.63) is 118 Å². The average molecular weight is 433 g/mol. The zero-order chi connectivity index (χ0) is 21.7. The summed E-state index contributed by atoms with van der Waals surface area (Å²) in [4.78, 5) is 27.9. The molecule has 0 atom stereocenters. The third-order valence-electron chi connectivity index (χ3n) is 5.67. The lowest BCUT2D eigenvalue weighted by Crippen LogP contribution is -2.20. The van der Waals surface area contributed by atoms with Gasteiger partial charge in [0.15, 0.2) is 11.6 Å². The number of para-hydroxylation sites is 1. The van der Waals surface area contributed by atoms with Gasteiger partial charge in [-0.3, -0.25) is 9.59 Å². The summed E-state index contributed by atoms with van der Waals surface area (Å²) in [5.74, 6) is 1.49. The van der Waals surface area contributed by atoms with Crippen LogP contribution in [0.25, 0.3) is 12.2 Å². The first kappa shape index (κ1) is 18.8. The van der Waals surface area contributed by atoms with E-state index in [4.69, 9.17) is 4.74 Å². The highest BCUT2D eigenvalue weighted by atomic mass is 32.2. The van der Waals surface area contributed by atoms with E-state index in [0.29, 0.717) is 22.3 Å². The van der Waals surface area contributed by atoms with Gasteiger partial charge in [0.2, 0.25) is 0 Å². The third-order valence-corrected chi connectivity index (χ3v) is 6.79. The molecule has 0 amide bonds. The molecule has 2 aliphatic rings. The molecule has 0 saturated heterocycles. The largest absolute Gasteiger partial charge is 0.455 e. The van der Waals surface area contributed by atoms with Crippen LogP contribution >= 0.6 is 11.8 Å². The average Bonchev–Trinajstić information content (AvgIpc) is 2.84. The maximum atomic E-state index is 12.9. The molecule has 0 saturated carbocycles. The molecule has 152 valence electrons. The van der Waals surface area contributed by atoms with E-state index < -0.39 is 0 Å². The third kappa shape index (κ3) is 3.08. The summed E-state index contributed by atoms with van der Waals surface area (Å²) in [6.07, 6.45) is 3.93. The zero-order valence-electron chi connectivity index (χ0n) is 16.9. The highest BCUT2D eigenvalue weighted by Gasteiger charge is 2.29. The van der Waals surface area contributed by atoms with Crippen molar-refractivity contribution in [2.45, 2.75) is 9.79 Å². The molecule has 0 spiro atoms. The molecule has 32 heavy (non-hydrogen) atoms. The number of ether oxygens (including phenoxy) is 1. The van der Waals surface area contributed by atoms with E-state index in [1.807, 2.05) is 48.6 Å². The molecule has 4 heteroatoms. The Bertz CT molecular complexity index is 1470. The van der Waals surface area contributed by atoms with E-state index in [-0.39, 0.29) is 11.6 Å². The van der Waals surface area contributed by atoms with Crippen molar-refractivity contribution >= 4 is 35.5 Å². The van der Waals surface area contributed by atoms with Crippen LogP contribution < -0.4 is 4.74 Å². The maximum Gasteiger partial charge on any atom is 0.194 e. The van der Waals surface area contributed by atoms with Gasteiger partial charge in [0, 0.05) is 22.3 Å². The molecule has 0 N–H and O–H groups in total. The molecule has 1 heterocycles. The van der Waals surface area contributed by atoms with Crippen molar-refractivity contribution in [1.82, 2.24) is 0 Å². The minimum absolute atomic E-state index is 0.102. The number of carbonyl (C=O) groups excluding carboxylic acids is 2. The quantitative estimate of drug-likeness (QED) is 0.280. The topological polar surface area (TPSA) is 43.4 Å². The number of hydrogen-bond donors (Lipinski definition) is 0. The molecule has 3 nitrogen and oxygen atoms in total. The molecule has 1 aliphatic heterocycles. The van der Waals surface area contributed by atoms with Crippen LogP contribution in [0.2, 0.25) is 0 Å². The molecule has 0 unspecified atom stereocenters. The Morgan fingerprint density at radius 2 is 1.16 bits per heavy atom. The van der Waals surface area contributed by atoms with E-state index in [1.54, 1.807) is 48.2 Å². The van der Waals surface area contributed by atoms with Crippen LogP contribution in [0.3, 0.4) is 0 Å². The summed E-state index contributed by atoms with van der Waals surface area (Å²) in [6.45, 7) is 0. The second kappa shape index (κ2) is 7.36. The number of hydrogen-bond acceptors (Lipinski definition) is 4. The standard InChI is InChI=1S/C28H16O3S/c29-27-19-5-1-2-6-20(19)28(30)22-15-17(11-13-21(22)27)9-10-18-12-14-26-24(16-18)31-23-7-3-4-8-25(23)32-26/h1-16H/b10-9-. The fourth-order valence-corrected chi connectivity index (χ4v) is 4.99. The summed E-state index contributed by atoms with van der Waals surface area (Å²) in [5.41, 5.74) is 3.72. The molecule has 0 fully saturated rings. The highest BCUT2D eigenvalue weighted by Crippen LogP contribution is 2.47. The Morgan fingerprint density at radius 3 is 1.97 bits per heavy atom. The zero-order valence-corrected chi connectivity index (χ0v) is 17.7. The lowest BCUT2D eigenvalue weighted by Gasteiger charge is -2.19. The summed E-state index contributed by atoms with van der Waals surface area (Å²) < 4.78 is 6.07. The fraction of sp³-hybridized carbons (Fsp3) is 0. The van der Waals surface area contributed by atoms with Crippen molar-refractivity contribution < 1.29 is 14.3 Å². The summed E-state index contributed by atoms with van der Waals surface area (Å²) in [5, 5.41) is 0. The fourth-order valence-electron chi connectivity index (χ4n) is 4.06. The Kier molecular flexibility index (Phi) is 4.33. The minimum atomic E-state index is -0.108. The lowest BCUT2D eigenvalue weighted by molar-refractivity contribution is 0.0979. The molecule has 1 aliphatic carbocycles. The van der Waals surface area contributed by atoms with E-state index in [1.165, 1.54) is 0 Å². The van der Waals surface area contributed by atoms with Crippen LogP contribution in [0.4, 0.5) is 0 Å². The van der Waals surface area contributed by atoms with Gasteiger partial charge in [0.1, 0.15) is 11.5 Å². The van der Waals surface area contributed by atoms with Crippen LogP contribution in [-0.2, 0) is 0 Å². The van der Waals surface area contributed by atoms with Crippen molar-refractivity contribution in [3.8, 4) is 11.5 Å². The molecule has 4 aromatic carbocycles. The SMILES string of the molecule is O=C1c2ccccc2C(=O)c2cc(/C=C\c3ccc4c(c3)Oc3ccccc3S4)ccc21. The van der Waals surface area contributed by atoms with Crippen LogP contribution in [0.5, 0.6) is 11.5 Å². The van der Waals surface area contributed by atoms with Crippen molar-refractivity contribution in [2.75, 3.05) is 0 Å². The van der Waals surface area contributed by atoms with Crippen molar-refractivity contribution in [1.29, 1.82) is 0 Å². The molecule has 0 bridgehead atoms. The molecule has 4 aromatic rings. The summed E-state index contributed by atoms with van der Waals surface area (Å²) >= 11 is 1.70. The predicted molar refractivity (Wildman–Crippen MR) is 126 cm³/mol. The van der Waals surface area contributed by atoms with Gasteiger partial charge in [0.25, 0.3) is 0 Å². The van der Waals surface area contributed by atoms with Crippen LogP contribution in [0.1, 0.15) is 43.0 Å². The van der Waals surface area contributed by atoms with Gasteiger partial charge in [-0.2, -0.15) is 0 Å². The molecule has 0 radical (unpaired) electrons.